The number of aromatic nitrogens is 2. The minimum atomic E-state index is -1.09. The molecule has 0 bridgehead atoms. The first-order valence-corrected chi connectivity index (χ1v) is 19.5. The molecule has 3 N–H and O–H groups in total. The lowest BCUT2D eigenvalue weighted by Crippen LogP contribution is -2.36. The van der Waals surface area contributed by atoms with E-state index in [2.05, 4.69) is 54.0 Å². The molecule has 2 aromatic heterocycles. The van der Waals surface area contributed by atoms with Gasteiger partial charge in [0.25, 0.3) is 0 Å². The number of hydrogen-bond donors (Lipinski definition) is 3. The third kappa shape index (κ3) is 16.0. The number of unbranched alkanes of at least 4 members (excludes halogenated alkanes) is 3. The minimum absolute atomic E-state index is 0.0107. The number of rotatable bonds is 16. The summed E-state index contributed by atoms with van der Waals surface area (Å²) < 4.78 is 23.9. The van der Waals surface area contributed by atoms with Gasteiger partial charge >= 0.3 is 11.9 Å². The summed E-state index contributed by atoms with van der Waals surface area (Å²) in [5.41, 5.74) is 3.99. The van der Waals surface area contributed by atoms with Crippen LogP contribution in [0.3, 0.4) is 0 Å². The van der Waals surface area contributed by atoms with Crippen molar-refractivity contribution in [3.63, 3.8) is 0 Å². The Balaban J connectivity index is 1.39. The number of pyridine rings is 2. The van der Waals surface area contributed by atoms with Crippen molar-refractivity contribution in [3.8, 4) is 0 Å². The lowest BCUT2D eigenvalue weighted by Gasteiger charge is -2.32. The van der Waals surface area contributed by atoms with Gasteiger partial charge in [0, 0.05) is 51.5 Å². The number of isothiocyanates is 1. The molecular formula is C41H54N6O8S. The topological polar surface area (TPSA) is 168 Å². The molecule has 1 unspecified atom stereocenters. The third-order valence-corrected chi connectivity index (χ3v) is 9.24. The van der Waals surface area contributed by atoms with Gasteiger partial charge in [-0.15, -0.1) is 0 Å². The largest absolute Gasteiger partial charge is 0.477 e. The van der Waals surface area contributed by atoms with Crippen LogP contribution in [-0.2, 0) is 25.5 Å². The Morgan fingerprint density at radius 2 is 1.34 bits per heavy atom. The van der Waals surface area contributed by atoms with Crippen LogP contribution in [0.2, 0.25) is 0 Å². The van der Waals surface area contributed by atoms with Crippen LogP contribution >= 0.6 is 12.2 Å². The average molecular weight is 791 g/mol. The molecule has 15 heteroatoms. The molecule has 56 heavy (non-hydrogen) atoms. The molecule has 3 aromatic rings. The lowest BCUT2D eigenvalue weighted by molar-refractivity contribution is 0.00331. The molecule has 1 aliphatic rings. The Bertz CT molecular complexity index is 1690. The van der Waals surface area contributed by atoms with Gasteiger partial charge in [-0.05, 0) is 60.5 Å². The number of carbonyl (C=O) groups is 2. The Morgan fingerprint density at radius 3 is 1.95 bits per heavy atom. The summed E-state index contributed by atoms with van der Waals surface area (Å²) in [4.78, 5) is 40.5. The van der Waals surface area contributed by atoms with Gasteiger partial charge in [0.1, 0.15) is 11.4 Å². The van der Waals surface area contributed by atoms with Gasteiger partial charge in [-0.1, -0.05) is 55.8 Å². The van der Waals surface area contributed by atoms with E-state index in [0.717, 1.165) is 55.6 Å². The molecule has 0 spiro atoms. The van der Waals surface area contributed by atoms with Crippen molar-refractivity contribution in [2.45, 2.75) is 38.3 Å². The van der Waals surface area contributed by atoms with Gasteiger partial charge in [-0.2, -0.15) is 0 Å². The minimum Gasteiger partial charge on any atom is -0.477 e. The fourth-order valence-electron chi connectivity index (χ4n) is 6.17. The van der Waals surface area contributed by atoms with Crippen molar-refractivity contribution < 1.29 is 38.7 Å². The molecule has 0 aliphatic carbocycles. The fraction of sp³-hybridized carbons (Fsp3) is 0.488. The van der Waals surface area contributed by atoms with E-state index < -0.39 is 11.9 Å². The van der Waals surface area contributed by atoms with Crippen molar-refractivity contribution >= 4 is 35.0 Å². The van der Waals surface area contributed by atoms with Crippen LogP contribution < -0.4 is 5.32 Å². The Hall–Kier alpha value is -4.44. The quantitative estimate of drug-likeness (QED) is 0.1000. The summed E-state index contributed by atoms with van der Waals surface area (Å²) in [6, 6.07) is 17.8. The molecule has 0 saturated carbocycles. The molecule has 3 heterocycles. The highest BCUT2D eigenvalue weighted by atomic mass is 32.1. The first-order chi connectivity index (χ1) is 27.4. The van der Waals surface area contributed by atoms with Gasteiger partial charge < -0.3 is 34.5 Å². The zero-order valence-electron chi connectivity index (χ0n) is 32.0. The number of benzene rings is 1. The van der Waals surface area contributed by atoms with Gasteiger partial charge in [0.2, 0.25) is 0 Å². The van der Waals surface area contributed by atoms with Crippen molar-refractivity contribution in [2.24, 2.45) is 4.99 Å². The van der Waals surface area contributed by atoms with E-state index in [1.165, 1.54) is 12.1 Å². The Morgan fingerprint density at radius 1 is 0.768 bits per heavy atom. The molecule has 302 valence electrons. The summed E-state index contributed by atoms with van der Waals surface area (Å²) >= 11 is 4.62. The number of ether oxygens (including phenoxy) is 4. The van der Waals surface area contributed by atoms with E-state index >= 15 is 0 Å². The van der Waals surface area contributed by atoms with Crippen LogP contribution in [0.4, 0.5) is 0 Å². The van der Waals surface area contributed by atoms with Gasteiger partial charge in [0.15, 0.2) is 0 Å². The maximum Gasteiger partial charge on any atom is 0.354 e. The van der Waals surface area contributed by atoms with Crippen LogP contribution in [0.1, 0.15) is 75.2 Å². The molecule has 4 rings (SSSR count). The van der Waals surface area contributed by atoms with E-state index in [1.54, 1.807) is 12.1 Å². The third-order valence-electron chi connectivity index (χ3n) is 9.11. The smallest absolute Gasteiger partial charge is 0.354 e. The molecule has 1 aliphatic heterocycles. The monoisotopic (exact) mass is 790 g/mol. The highest BCUT2D eigenvalue weighted by Gasteiger charge is 2.25. The number of aliphatic imine (C=N–C) groups is 1. The molecule has 1 fully saturated rings. The van der Waals surface area contributed by atoms with Crippen LogP contribution in [0, 0.1) is 0 Å². The first kappa shape index (κ1) is 44.3. The fourth-order valence-corrected chi connectivity index (χ4v) is 6.26. The number of thiocarbonyl (C=S) groups is 1. The Labute approximate surface area is 334 Å². The average Bonchev–Trinajstić information content (AvgIpc) is 3.20. The zero-order chi connectivity index (χ0) is 39.8. The normalized spacial score (nSPS) is 16.4. The number of aromatic carboxylic acids is 2. The molecule has 14 nitrogen and oxygen atoms in total. The molecular weight excluding hydrogens is 737 g/mol. The molecule has 1 aromatic carbocycles. The van der Waals surface area contributed by atoms with E-state index in [-0.39, 0.29) is 17.4 Å². The van der Waals surface area contributed by atoms with Gasteiger partial charge in [-0.25, -0.2) is 24.5 Å². The maximum atomic E-state index is 12.0. The molecule has 0 radical (unpaired) electrons. The van der Waals surface area contributed by atoms with Crippen LogP contribution in [0.15, 0.2) is 72.2 Å². The van der Waals surface area contributed by atoms with E-state index in [4.69, 9.17) is 18.9 Å². The molecule has 0 amide bonds. The van der Waals surface area contributed by atoms with Crippen molar-refractivity contribution in [3.05, 3.63) is 101 Å². The number of carboxylic acid groups (broad SMARTS) is 2. The predicted octanol–water partition coefficient (Wildman–Crippen LogP) is 5.07. The summed E-state index contributed by atoms with van der Waals surface area (Å²) in [5.74, 6) is -2.15. The second kappa shape index (κ2) is 25.7. The number of nitrogens with one attached hydrogen (secondary N) is 1. The highest BCUT2D eigenvalue weighted by molar-refractivity contribution is 7.78. The van der Waals surface area contributed by atoms with E-state index in [0.29, 0.717) is 97.0 Å². The lowest BCUT2D eigenvalue weighted by atomic mass is 9.98. The second-order valence-electron chi connectivity index (χ2n) is 13.2. The molecule has 1 saturated heterocycles. The first-order valence-electron chi connectivity index (χ1n) is 19.1. The standard InChI is InChI=1S/C41H54N6O8S/c1-32(43-17-5-3-2-4-16-42-31-56)33-12-14-34(15-13-33)39(36-9-7-11-38(45-36)41(50)51)47-20-24-54-28-26-52-22-18-46(19-23-53-27-29-55-25-21-47)30-35-8-6-10-37(44-35)40(48)49/h6-15,39,43H,1-5,16-30H2,(H,48,49)(H,50,51). The zero-order valence-corrected chi connectivity index (χ0v) is 32.8. The van der Waals surface area contributed by atoms with Crippen LogP contribution in [-0.4, -0.2) is 139 Å². The number of carboxylic acids is 2. The van der Waals surface area contributed by atoms with Crippen molar-refractivity contribution in [2.75, 3.05) is 92.1 Å². The second-order valence-corrected chi connectivity index (χ2v) is 13.3. The summed E-state index contributed by atoms with van der Waals surface area (Å²) in [6.45, 7) is 11.8. The summed E-state index contributed by atoms with van der Waals surface area (Å²) in [7, 11) is 0. The van der Waals surface area contributed by atoms with Gasteiger partial charge in [-0.3, -0.25) is 9.80 Å². The Kier molecular flexibility index (Phi) is 20.3. The predicted molar refractivity (Wildman–Crippen MR) is 216 cm³/mol. The number of nitrogens with zero attached hydrogens (tertiary/aromatic N) is 5. The van der Waals surface area contributed by atoms with Crippen molar-refractivity contribution in [1.29, 1.82) is 0 Å². The number of hydrogen-bond acceptors (Lipinski definition) is 13. The van der Waals surface area contributed by atoms with Gasteiger partial charge in [0.05, 0.1) is 75.4 Å². The highest BCUT2D eigenvalue weighted by Crippen LogP contribution is 2.29. The van der Waals surface area contributed by atoms with Crippen LogP contribution in [0.25, 0.3) is 5.70 Å². The summed E-state index contributed by atoms with van der Waals surface area (Å²) in [6.07, 6.45) is 4.20. The summed E-state index contributed by atoms with van der Waals surface area (Å²) in [5, 5.41) is 25.0. The SMILES string of the molecule is C=C(NCCCCCCN=C=S)c1ccc(C(c2cccc(C(=O)O)n2)N2CCOCCOCCN(Cc3cccc(C(=O)O)n3)CCOCCOCC2)cc1. The van der Waals surface area contributed by atoms with Crippen molar-refractivity contribution in [1.82, 2.24) is 25.1 Å². The van der Waals surface area contributed by atoms with E-state index in [9.17, 15) is 19.8 Å². The van der Waals surface area contributed by atoms with E-state index in [1.807, 2.05) is 36.4 Å². The maximum absolute atomic E-state index is 12.0. The molecule has 1 atom stereocenters. The van der Waals surface area contributed by atoms with Crippen LogP contribution in [0.5, 0.6) is 0 Å².